The Bertz CT molecular complexity index is 481. The maximum atomic E-state index is 11.9. The smallest absolute Gasteiger partial charge is 0.244 e. The molecule has 3 N–H and O–H groups in total. The predicted molar refractivity (Wildman–Crippen MR) is 75.8 cm³/mol. The summed E-state index contributed by atoms with van der Waals surface area (Å²) in [6.07, 6.45) is 0. The minimum atomic E-state index is -0.389. The molecule has 1 aliphatic heterocycles. The maximum absolute atomic E-state index is 11.9. The first kappa shape index (κ1) is 14.4. The van der Waals surface area contributed by atoms with Gasteiger partial charge < -0.3 is 25.4 Å². The van der Waals surface area contributed by atoms with Crippen molar-refractivity contribution >= 4 is 17.4 Å². The third-order valence-corrected chi connectivity index (χ3v) is 3.13. The molecule has 7 nitrogen and oxygen atoms in total. The van der Waals surface area contributed by atoms with Gasteiger partial charge in [-0.1, -0.05) is 0 Å². The van der Waals surface area contributed by atoms with Crippen LogP contribution in [0.15, 0.2) is 12.1 Å². The van der Waals surface area contributed by atoms with Crippen LogP contribution in [0.3, 0.4) is 0 Å². The number of nitrogen functional groups attached to an aromatic ring is 1. The van der Waals surface area contributed by atoms with E-state index < -0.39 is 0 Å². The summed E-state index contributed by atoms with van der Waals surface area (Å²) < 4.78 is 10.8. The van der Waals surface area contributed by atoms with Gasteiger partial charge in [0, 0.05) is 13.6 Å². The number of ether oxygens (including phenoxy) is 2. The zero-order chi connectivity index (χ0) is 14.5. The van der Waals surface area contributed by atoms with E-state index in [0.29, 0.717) is 43.8 Å². The molecule has 0 radical (unpaired) electrons. The lowest BCUT2D eigenvalue weighted by molar-refractivity contribution is -0.124. The number of nitrogens with zero attached hydrogens (tertiary/aromatic N) is 2. The molecule has 0 aromatic carbocycles. The molecule has 2 heterocycles. The summed E-state index contributed by atoms with van der Waals surface area (Å²) in [6.45, 7) is 3.86. The zero-order valence-electron chi connectivity index (χ0n) is 11.8. The van der Waals surface area contributed by atoms with E-state index in [0.717, 1.165) is 0 Å². The van der Waals surface area contributed by atoms with Crippen LogP contribution in [0.5, 0.6) is 5.88 Å². The van der Waals surface area contributed by atoms with Crippen LogP contribution in [0.1, 0.15) is 6.92 Å². The van der Waals surface area contributed by atoms with Gasteiger partial charge in [0.1, 0.15) is 11.9 Å². The van der Waals surface area contributed by atoms with Crippen LogP contribution in [-0.2, 0) is 9.53 Å². The number of hydrogen-bond acceptors (Lipinski definition) is 6. The Kier molecular flexibility index (Phi) is 4.62. The number of nitrogens with one attached hydrogen (secondary N) is 1. The predicted octanol–water partition coefficient (Wildman–Crippen LogP) is 0.0137. The molecule has 0 saturated carbocycles. The quantitative estimate of drug-likeness (QED) is 0.808. The number of carbonyl (C=O) groups is 1. The first-order valence-electron chi connectivity index (χ1n) is 6.62. The van der Waals surface area contributed by atoms with E-state index in [9.17, 15) is 4.79 Å². The molecule has 1 unspecified atom stereocenters. The van der Waals surface area contributed by atoms with E-state index in [-0.39, 0.29) is 11.9 Å². The average molecular weight is 280 g/mol. The number of hydrogen-bond donors (Lipinski definition) is 2. The van der Waals surface area contributed by atoms with Gasteiger partial charge in [-0.3, -0.25) is 4.79 Å². The second-order valence-corrected chi connectivity index (χ2v) is 4.40. The van der Waals surface area contributed by atoms with E-state index in [4.69, 9.17) is 15.2 Å². The second-order valence-electron chi connectivity index (χ2n) is 4.40. The van der Waals surface area contributed by atoms with E-state index >= 15 is 0 Å². The Morgan fingerprint density at radius 3 is 3.15 bits per heavy atom. The van der Waals surface area contributed by atoms with Crippen LogP contribution in [0.2, 0.25) is 0 Å². The Hall–Kier alpha value is -2.02. The van der Waals surface area contributed by atoms with Gasteiger partial charge in [-0.2, -0.15) is 4.98 Å². The maximum Gasteiger partial charge on any atom is 0.244 e. The number of pyridine rings is 1. The van der Waals surface area contributed by atoms with Crippen molar-refractivity contribution in [1.29, 1.82) is 0 Å². The molecule has 1 aliphatic rings. The molecule has 1 amide bonds. The average Bonchev–Trinajstić information content (AvgIpc) is 2.49. The van der Waals surface area contributed by atoms with Crippen molar-refractivity contribution in [1.82, 2.24) is 10.3 Å². The molecule has 1 aromatic heterocycles. The fourth-order valence-electron chi connectivity index (χ4n) is 2.12. The lowest BCUT2D eigenvalue weighted by Crippen LogP contribution is -2.53. The number of anilines is 2. The summed E-state index contributed by atoms with van der Waals surface area (Å²) in [5, 5.41) is 2.64. The van der Waals surface area contributed by atoms with Gasteiger partial charge in [0.25, 0.3) is 0 Å². The van der Waals surface area contributed by atoms with Crippen molar-refractivity contribution in [3.63, 3.8) is 0 Å². The molecular formula is C13H20N4O3. The highest BCUT2D eigenvalue weighted by atomic mass is 16.5. The normalized spacial score (nSPS) is 18.7. The molecule has 2 rings (SSSR count). The third-order valence-electron chi connectivity index (χ3n) is 3.13. The molecule has 1 aromatic rings. The summed E-state index contributed by atoms with van der Waals surface area (Å²) in [4.78, 5) is 18.2. The molecule has 0 spiro atoms. The summed E-state index contributed by atoms with van der Waals surface area (Å²) in [6, 6.07) is 3.14. The van der Waals surface area contributed by atoms with Gasteiger partial charge >= 0.3 is 0 Å². The van der Waals surface area contributed by atoms with Gasteiger partial charge in [0.15, 0.2) is 0 Å². The number of amides is 1. The molecule has 0 bridgehead atoms. The van der Waals surface area contributed by atoms with Crippen molar-refractivity contribution in [2.24, 2.45) is 0 Å². The molecule has 0 aliphatic carbocycles. The van der Waals surface area contributed by atoms with E-state index in [2.05, 4.69) is 10.3 Å². The first-order valence-corrected chi connectivity index (χ1v) is 6.62. The summed E-state index contributed by atoms with van der Waals surface area (Å²) in [5.74, 6) is 0.966. The van der Waals surface area contributed by atoms with Crippen LogP contribution in [0.4, 0.5) is 11.5 Å². The van der Waals surface area contributed by atoms with Crippen molar-refractivity contribution in [2.45, 2.75) is 13.0 Å². The highest BCUT2D eigenvalue weighted by Crippen LogP contribution is 2.25. The molecule has 1 saturated heterocycles. The summed E-state index contributed by atoms with van der Waals surface area (Å²) in [7, 11) is 1.61. The van der Waals surface area contributed by atoms with Gasteiger partial charge in [-0.05, 0) is 19.1 Å². The lowest BCUT2D eigenvalue weighted by Gasteiger charge is -2.35. The van der Waals surface area contributed by atoms with Crippen LogP contribution < -0.4 is 20.7 Å². The van der Waals surface area contributed by atoms with Gasteiger partial charge in [-0.25, -0.2) is 0 Å². The molecular weight excluding hydrogens is 260 g/mol. The number of nitrogens with two attached hydrogens (primary N) is 1. The number of aromatic nitrogens is 1. The third kappa shape index (κ3) is 2.93. The Labute approximate surface area is 118 Å². The SMILES string of the molecule is CCOc1nc(N2CCOCC2C(=O)NC)ccc1N. The number of morpholine rings is 1. The van der Waals surface area contributed by atoms with Crippen LogP contribution in [-0.4, -0.2) is 50.3 Å². The summed E-state index contributed by atoms with van der Waals surface area (Å²) in [5.41, 5.74) is 6.30. The van der Waals surface area contributed by atoms with Crippen molar-refractivity contribution in [3.05, 3.63) is 12.1 Å². The largest absolute Gasteiger partial charge is 0.476 e. The van der Waals surface area contributed by atoms with E-state index in [1.807, 2.05) is 11.8 Å². The minimum Gasteiger partial charge on any atom is -0.476 e. The number of rotatable bonds is 4. The summed E-state index contributed by atoms with van der Waals surface area (Å²) >= 11 is 0. The van der Waals surface area contributed by atoms with Gasteiger partial charge in [-0.15, -0.1) is 0 Å². The lowest BCUT2D eigenvalue weighted by atomic mass is 10.2. The van der Waals surface area contributed by atoms with Gasteiger partial charge in [0.2, 0.25) is 11.8 Å². The van der Waals surface area contributed by atoms with Gasteiger partial charge in [0.05, 0.1) is 25.5 Å². The zero-order valence-corrected chi connectivity index (χ0v) is 11.8. The van der Waals surface area contributed by atoms with Crippen molar-refractivity contribution in [2.75, 3.05) is 44.0 Å². The van der Waals surface area contributed by atoms with E-state index in [1.54, 1.807) is 19.2 Å². The minimum absolute atomic E-state index is 0.0960. The van der Waals surface area contributed by atoms with Crippen LogP contribution in [0.25, 0.3) is 0 Å². The van der Waals surface area contributed by atoms with Crippen molar-refractivity contribution in [3.8, 4) is 5.88 Å². The van der Waals surface area contributed by atoms with Crippen molar-refractivity contribution < 1.29 is 14.3 Å². The number of likely N-dealkylation sites (N-methyl/N-ethyl adjacent to an activating group) is 1. The highest BCUT2D eigenvalue weighted by molar-refractivity contribution is 5.85. The fraction of sp³-hybridized carbons (Fsp3) is 0.538. The molecule has 110 valence electrons. The Balaban J connectivity index is 2.27. The molecule has 1 atom stereocenters. The standard InChI is InChI=1S/C13H20N4O3/c1-3-20-13-9(14)4-5-11(16-13)17-6-7-19-8-10(17)12(18)15-2/h4-5,10H,3,6-8,14H2,1-2H3,(H,15,18). The highest BCUT2D eigenvalue weighted by Gasteiger charge is 2.30. The molecule has 1 fully saturated rings. The number of carbonyl (C=O) groups excluding carboxylic acids is 1. The Morgan fingerprint density at radius 2 is 2.45 bits per heavy atom. The topological polar surface area (TPSA) is 89.7 Å². The molecule has 7 heteroatoms. The fourth-order valence-corrected chi connectivity index (χ4v) is 2.12. The Morgan fingerprint density at radius 1 is 1.65 bits per heavy atom. The second kappa shape index (κ2) is 6.42. The monoisotopic (exact) mass is 280 g/mol. The van der Waals surface area contributed by atoms with E-state index in [1.165, 1.54) is 0 Å². The van der Waals surface area contributed by atoms with Crippen LogP contribution >= 0.6 is 0 Å². The molecule has 20 heavy (non-hydrogen) atoms. The first-order chi connectivity index (χ1) is 9.67. The van der Waals surface area contributed by atoms with Crippen LogP contribution in [0, 0.1) is 0 Å².